The van der Waals surface area contributed by atoms with Crippen LogP contribution in [0.1, 0.15) is 26.4 Å². The van der Waals surface area contributed by atoms with Gasteiger partial charge in [0.05, 0.1) is 12.7 Å². The van der Waals surface area contributed by atoms with Crippen LogP contribution < -0.4 is 10.1 Å². The standard InChI is InChI=1S/C17H19NO4S/c1-10-6-5-7-11(2)15(10)22-9-14(19)18-16-13(17(20)21-4)8-12(3)23-16/h5-8H,9H2,1-4H3,(H,18,19). The molecule has 0 aliphatic rings. The molecule has 2 aromatic rings. The van der Waals surface area contributed by atoms with Crippen molar-refractivity contribution < 1.29 is 19.1 Å². The van der Waals surface area contributed by atoms with Crippen LogP contribution in [0.4, 0.5) is 5.00 Å². The highest BCUT2D eigenvalue weighted by Gasteiger charge is 2.17. The van der Waals surface area contributed by atoms with E-state index >= 15 is 0 Å². The Morgan fingerprint density at radius 2 is 1.83 bits per heavy atom. The number of methoxy groups -OCH3 is 1. The number of hydrogen-bond acceptors (Lipinski definition) is 5. The number of nitrogens with one attached hydrogen (secondary N) is 1. The second-order valence-corrected chi connectivity index (χ2v) is 6.41. The number of anilines is 1. The number of rotatable bonds is 5. The van der Waals surface area contributed by atoms with Gasteiger partial charge < -0.3 is 14.8 Å². The summed E-state index contributed by atoms with van der Waals surface area (Å²) < 4.78 is 10.3. The van der Waals surface area contributed by atoms with Gasteiger partial charge in [-0.25, -0.2) is 4.79 Å². The molecule has 23 heavy (non-hydrogen) atoms. The van der Waals surface area contributed by atoms with Crippen molar-refractivity contribution in [1.29, 1.82) is 0 Å². The van der Waals surface area contributed by atoms with E-state index in [0.717, 1.165) is 16.0 Å². The molecule has 0 aliphatic heterocycles. The molecule has 0 aliphatic carbocycles. The first-order chi connectivity index (χ1) is 10.9. The van der Waals surface area contributed by atoms with E-state index in [1.54, 1.807) is 6.07 Å². The number of para-hydroxylation sites is 1. The fourth-order valence-corrected chi connectivity index (χ4v) is 3.11. The van der Waals surface area contributed by atoms with E-state index in [4.69, 9.17) is 9.47 Å². The topological polar surface area (TPSA) is 64.6 Å². The van der Waals surface area contributed by atoms with Crippen molar-refractivity contribution in [2.75, 3.05) is 19.0 Å². The number of esters is 1. The Bertz CT molecular complexity index is 716. The average Bonchev–Trinajstić information content (AvgIpc) is 2.86. The van der Waals surface area contributed by atoms with E-state index in [1.165, 1.54) is 18.4 Å². The van der Waals surface area contributed by atoms with Gasteiger partial charge in [0.1, 0.15) is 10.8 Å². The molecule has 0 saturated heterocycles. The summed E-state index contributed by atoms with van der Waals surface area (Å²) in [6.07, 6.45) is 0. The molecular weight excluding hydrogens is 314 g/mol. The van der Waals surface area contributed by atoms with E-state index < -0.39 is 5.97 Å². The molecule has 1 heterocycles. The van der Waals surface area contributed by atoms with Gasteiger partial charge in [-0.05, 0) is 38.0 Å². The largest absolute Gasteiger partial charge is 0.483 e. The van der Waals surface area contributed by atoms with E-state index in [9.17, 15) is 9.59 Å². The zero-order chi connectivity index (χ0) is 17.0. The Morgan fingerprint density at radius 1 is 1.17 bits per heavy atom. The number of ether oxygens (including phenoxy) is 2. The molecule has 0 fully saturated rings. The fraction of sp³-hybridized carbons (Fsp3) is 0.294. The van der Waals surface area contributed by atoms with Crippen molar-refractivity contribution in [1.82, 2.24) is 0 Å². The molecule has 6 heteroatoms. The summed E-state index contributed by atoms with van der Waals surface area (Å²) in [6, 6.07) is 7.49. The minimum Gasteiger partial charge on any atom is -0.483 e. The predicted molar refractivity (Wildman–Crippen MR) is 90.4 cm³/mol. The number of carbonyl (C=O) groups is 2. The Labute approximate surface area is 139 Å². The highest BCUT2D eigenvalue weighted by atomic mass is 32.1. The van der Waals surface area contributed by atoms with Gasteiger partial charge in [-0.1, -0.05) is 18.2 Å². The summed E-state index contributed by atoms with van der Waals surface area (Å²) in [5.74, 6) is -0.0850. The van der Waals surface area contributed by atoms with Crippen LogP contribution in [0.5, 0.6) is 5.75 Å². The maximum atomic E-state index is 12.1. The molecule has 0 unspecified atom stereocenters. The van der Waals surface area contributed by atoms with Crippen molar-refractivity contribution in [3.05, 3.63) is 45.8 Å². The minimum atomic E-state index is -0.472. The second-order valence-electron chi connectivity index (χ2n) is 5.15. The Morgan fingerprint density at radius 3 is 2.43 bits per heavy atom. The molecule has 0 bridgehead atoms. The lowest BCUT2D eigenvalue weighted by atomic mass is 10.1. The summed E-state index contributed by atoms with van der Waals surface area (Å²) in [6.45, 7) is 5.60. The van der Waals surface area contributed by atoms with Crippen molar-refractivity contribution in [2.24, 2.45) is 0 Å². The Kier molecular flexibility index (Phi) is 5.39. The normalized spacial score (nSPS) is 10.3. The number of thiophene rings is 1. The van der Waals surface area contributed by atoms with Crippen molar-refractivity contribution >= 4 is 28.2 Å². The van der Waals surface area contributed by atoms with Crippen LogP contribution in [-0.2, 0) is 9.53 Å². The molecule has 5 nitrogen and oxygen atoms in total. The first-order valence-electron chi connectivity index (χ1n) is 7.10. The van der Waals surface area contributed by atoms with Gasteiger partial charge >= 0.3 is 5.97 Å². The SMILES string of the molecule is COC(=O)c1cc(C)sc1NC(=O)COc1c(C)cccc1C. The fourth-order valence-electron chi connectivity index (χ4n) is 2.20. The molecule has 1 aromatic heterocycles. The van der Waals surface area contributed by atoms with Crippen molar-refractivity contribution in [3.63, 3.8) is 0 Å². The highest BCUT2D eigenvalue weighted by Crippen LogP contribution is 2.28. The number of amides is 1. The lowest BCUT2D eigenvalue weighted by Gasteiger charge is -2.11. The van der Waals surface area contributed by atoms with Crippen LogP contribution in [-0.4, -0.2) is 25.6 Å². The summed E-state index contributed by atoms with van der Waals surface area (Å²) in [7, 11) is 1.31. The van der Waals surface area contributed by atoms with Crippen LogP contribution in [0.25, 0.3) is 0 Å². The van der Waals surface area contributed by atoms with Crippen LogP contribution in [0, 0.1) is 20.8 Å². The molecule has 1 amide bonds. The maximum Gasteiger partial charge on any atom is 0.340 e. The highest BCUT2D eigenvalue weighted by molar-refractivity contribution is 7.16. The molecular formula is C17H19NO4S. The third kappa shape index (κ3) is 4.10. The second kappa shape index (κ2) is 7.28. The van der Waals surface area contributed by atoms with Gasteiger partial charge in [0.15, 0.2) is 6.61 Å². The lowest BCUT2D eigenvalue weighted by Crippen LogP contribution is -2.21. The summed E-state index contributed by atoms with van der Waals surface area (Å²) in [5.41, 5.74) is 2.30. The minimum absolute atomic E-state index is 0.122. The van der Waals surface area contributed by atoms with E-state index in [-0.39, 0.29) is 12.5 Å². The van der Waals surface area contributed by atoms with Crippen LogP contribution >= 0.6 is 11.3 Å². The van der Waals surface area contributed by atoms with Crippen LogP contribution in [0.15, 0.2) is 24.3 Å². The van der Waals surface area contributed by atoms with Gasteiger partial charge in [-0.3, -0.25) is 4.79 Å². The molecule has 0 atom stereocenters. The number of hydrogen-bond donors (Lipinski definition) is 1. The predicted octanol–water partition coefficient (Wildman–Crippen LogP) is 3.48. The van der Waals surface area contributed by atoms with E-state index in [2.05, 4.69) is 5.32 Å². The van der Waals surface area contributed by atoms with Crippen molar-refractivity contribution in [2.45, 2.75) is 20.8 Å². The van der Waals surface area contributed by atoms with Gasteiger partial charge in [-0.15, -0.1) is 11.3 Å². The molecule has 0 saturated carbocycles. The van der Waals surface area contributed by atoms with Gasteiger partial charge in [0.25, 0.3) is 5.91 Å². The summed E-state index contributed by atoms with van der Waals surface area (Å²) >= 11 is 1.33. The number of benzene rings is 1. The first-order valence-corrected chi connectivity index (χ1v) is 7.91. The monoisotopic (exact) mass is 333 g/mol. The lowest BCUT2D eigenvalue weighted by molar-refractivity contribution is -0.118. The maximum absolute atomic E-state index is 12.1. The summed E-state index contributed by atoms with van der Waals surface area (Å²) in [4.78, 5) is 24.7. The Hall–Kier alpha value is -2.34. The van der Waals surface area contributed by atoms with Crippen molar-refractivity contribution in [3.8, 4) is 5.75 Å². The Balaban J connectivity index is 2.05. The van der Waals surface area contributed by atoms with Crippen LogP contribution in [0.3, 0.4) is 0 Å². The number of carbonyl (C=O) groups excluding carboxylic acids is 2. The smallest absolute Gasteiger partial charge is 0.340 e. The third-order valence-corrected chi connectivity index (χ3v) is 4.24. The van der Waals surface area contributed by atoms with E-state index in [0.29, 0.717) is 16.3 Å². The molecule has 0 spiro atoms. The van der Waals surface area contributed by atoms with Gasteiger partial charge in [-0.2, -0.15) is 0 Å². The molecule has 1 aromatic carbocycles. The first kappa shape index (κ1) is 17.0. The summed E-state index contributed by atoms with van der Waals surface area (Å²) in [5, 5.41) is 3.19. The van der Waals surface area contributed by atoms with Crippen LogP contribution in [0.2, 0.25) is 0 Å². The third-order valence-electron chi connectivity index (χ3n) is 3.27. The zero-order valence-electron chi connectivity index (χ0n) is 13.6. The average molecular weight is 333 g/mol. The van der Waals surface area contributed by atoms with E-state index in [1.807, 2.05) is 39.0 Å². The van der Waals surface area contributed by atoms with Gasteiger partial charge in [0.2, 0.25) is 0 Å². The molecule has 0 radical (unpaired) electrons. The van der Waals surface area contributed by atoms with Gasteiger partial charge in [0, 0.05) is 4.88 Å². The quantitative estimate of drug-likeness (QED) is 0.851. The number of aryl methyl sites for hydroxylation is 3. The zero-order valence-corrected chi connectivity index (χ0v) is 14.4. The molecule has 1 N–H and O–H groups in total. The molecule has 2 rings (SSSR count). The molecule has 122 valence electrons.